The molecule has 0 unspecified atom stereocenters. The first-order valence-corrected chi connectivity index (χ1v) is 8.20. The molecule has 1 aliphatic heterocycles. The summed E-state index contributed by atoms with van der Waals surface area (Å²) in [6.07, 6.45) is 0. The van der Waals surface area contributed by atoms with E-state index >= 15 is 0 Å². The van der Waals surface area contributed by atoms with Gasteiger partial charge >= 0.3 is 7.12 Å². The molecule has 0 atom stereocenters. The van der Waals surface area contributed by atoms with Gasteiger partial charge in [-0.05, 0) is 40.7 Å². The number of fused-ring (bicyclic) bond motifs is 1. The highest BCUT2D eigenvalue weighted by Gasteiger charge is 2.52. The van der Waals surface area contributed by atoms with Gasteiger partial charge in [-0.25, -0.2) is 0 Å². The predicted octanol–water partition coefficient (Wildman–Crippen LogP) is 2.38. The van der Waals surface area contributed by atoms with Gasteiger partial charge in [-0.3, -0.25) is 4.79 Å². The lowest BCUT2D eigenvalue weighted by Crippen LogP contribution is -2.41. The summed E-state index contributed by atoms with van der Waals surface area (Å²) in [4.78, 5) is 12.3. The van der Waals surface area contributed by atoms with E-state index in [9.17, 15) is 4.79 Å². The summed E-state index contributed by atoms with van der Waals surface area (Å²) in [7, 11) is 0.890. The van der Waals surface area contributed by atoms with Crippen molar-refractivity contribution in [3.8, 4) is 5.75 Å². The van der Waals surface area contributed by atoms with Gasteiger partial charge in [0.25, 0.3) is 0 Å². The summed E-state index contributed by atoms with van der Waals surface area (Å²) in [5.74, 6) is 1.04. The van der Waals surface area contributed by atoms with Gasteiger partial charge in [0.05, 0.1) is 16.6 Å². The van der Waals surface area contributed by atoms with E-state index in [1.54, 1.807) is 26.2 Å². The molecule has 0 amide bonds. The lowest BCUT2D eigenvalue weighted by atomic mass is 9.77. The number of hydrogen-bond acceptors (Lipinski definition) is 6. The third-order valence-electron chi connectivity index (χ3n) is 4.82. The van der Waals surface area contributed by atoms with E-state index in [0.717, 1.165) is 0 Å². The minimum atomic E-state index is -0.651. The number of benzene rings is 1. The Kier molecular flexibility index (Phi) is 4.43. The second kappa shape index (κ2) is 6.16. The van der Waals surface area contributed by atoms with Crippen molar-refractivity contribution in [1.82, 2.24) is 0 Å². The third-order valence-corrected chi connectivity index (χ3v) is 4.82. The SMILES string of the molecule is COCOc1cc2oc(C)cc(=O)c2cc1B1OC(C)(C)C(C)(C)O1. The maximum Gasteiger partial charge on any atom is 0.498 e. The highest BCUT2D eigenvalue weighted by Crippen LogP contribution is 2.37. The molecule has 0 bridgehead atoms. The molecule has 0 spiro atoms. The summed E-state index contributed by atoms with van der Waals surface area (Å²) < 4.78 is 28.6. The monoisotopic (exact) mass is 346 g/mol. The largest absolute Gasteiger partial charge is 0.498 e. The van der Waals surface area contributed by atoms with E-state index < -0.39 is 18.3 Å². The summed E-state index contributed by atoms with van der Waals surface area (Å²) in [6.45, 7) is 9.69. The lowest BCUT2D eigenvalue weighted by Gasteiger charge is -2.32. The smallest absolute Gasteiger partial charge is 0.468 e. The molecule has 1 fully saturated rings. The van der Waals surface area contributed by atoms with E-state index in [1.807, 2.05) is 27.7 Å². The van der Waals surface area contributed by atoms with Crippen molar-refractivity contribution in [2.24, 2.45) is 0 Å². The quantitative estimate of drug-likeness (QED) is 0.626. The fraction of sp³-hybridized carbons (Fsp3) is 0.500. The van der Waals surface area contributed by atoms with Crippen LogP contribution in [0.5, 0.6) is 5.75 Å². The molecular weight excluding hydrogens is 323 g/mol. The minimum absolute atomic E-state index is 0.0636. The van der Waals surface area contributed by atoms with Crippen molar-refractivity contribution in [1.29, 1.82) is 0 Å². The van der Waals surface area contributed by atoms with Crippen LogP contribution in [0.15, 0.2) is 27.4 Å². The molecule has 1 aromatic heterocycles. The Hall–Kier alpha value is -1.83. The van der Waals surface area contributed by atoms with Crippen LogP contribution in [-0.4, -0.2) is 32.2 Å². The zero-order chi connectivity index (χ0) is 18.4. The Morgan fingerprint density at radius 1 is 1.08 bits per heavy atom. The maximum atomic E-state index is 12.3. The lowest BCUT2D eigenvalue weighted by molar-refractivity contribution is 0.00578. The first-order chi connectivity index (χ1) is 11.6. The third kappa shape index (κ3) is 3.19. The van der Waals surface area contributed by atoms with Crippen molar-refractivity contribution in [3.05, 3.63) is 34.2 Å². The first kappa shape index (κ1) is 18.0. The van der Waals surface area contributed by atoms with Gasteiger partial charge in [-0.15, -0.1) is 0 Å². The molecule has 0 radical (unpaired) electrons. The molecule has 134 valence electrons. The van der Waals surface area contributed by atoms with E-state index in [2.05, 4.69) is 0 Å². The Morgan fingerprint density at radius 2 is 1.72 bits per heavy atom. The van der Waals surface area contributed by atoms with Crippen LogP contribution in [0.25, 0.3) is 11.0 Å². The van der Waals surface area contributed by atoms with Crippen LogP contribution < -0.4 is 15.6 Å². The van der Waals surface area contributed by atoms with Gasteiger partial charge < -0.3 is 23.2 Å². The zero-order valence-electron chi connectivity index (χ0n) is 15.5. The van der Waals surface area contributed by atoms with Crippen LogP contribution in [0.2, 0.25) is 0 Å². The fourth-order valence-electron chi connectivity index (χ4n) is 2.72. The predicted molar refractivity (Wildman–Crippen MR) is 95.4 cm³/mol. The zero-order valence-corrected chi connectivity index (χ0v) is 15.5. The van der Waals surface area contributed by atoms with E-state index in [-0.39, 0.29) is 12.2 Å². The molecule has 6 nitrogen and oxygen atoms in total. The molecule has 0 saturated carbocycles. The number of ether oxygens (including phenoxy) is 2. The number of hydrogen-bond donors (Lipinski definition) is 0. The molecule has 1 aliphatic rings. The molecular formula is C18H23BO6. The van der Waals surface area contributed by atoms with Gasteiger partial charge in [-0.2, -0.15) is 0 Å². The van der Waals surface area contributed by atoms with Gasteiger partial charge in [0, 0.05) is 24.7 Å². The minimum Gasteiger partial charge on any atom is -0.468 e. The number of methoxy groups -OCH3 is 1. The number of aryl methyl sites for hydroxylation is 1. The molecule has 0 aliphatic carbocycles. The van der Waals surface area contributed by atoms with Crippen LogP contribution in [0.3, 0.4) is 0 Å². The highest BCUT2D eigenvalue weighted by atomic mass is 16.7. The molecule has 3 rings (SSSR count). The Balaban J connectivity index is 2.14. The first-order valence-electron chi connectivity index (χ1n) is 8.20. The molecule has 2 heterocycles. The topological polar surface area (TPSA) is 67.1 Å². The van der Waals surface area contributed by atoms with Crippen molar-refractivity contribution in [3.63, 3.8) is 0 Å². The molecule has 25 heavy (non-hydrogen) atoms. The van der Waals surface area contributed by atoms with Gasteiger partial charge in [0.15, 0.2) is 12.2 Å². The second-order valence-corrected chi connectivity index (χ2v) is 7.25. The summed E-state index contributed by atoms with van der Waals surface area (Å²) in [5.41, 5.74) is -0.0165. The standard InChI is InChI=1S/C18H23BO6/c1-11-7-14(20)12-8-13(16(22-10-21-6)9-15(12)23-11)19-24-17(2,3)18(4,5)25-19/h7-9H,10H2,1-6H3. The summed E-state index contributed by atoms with van der Waals surface area (Å²) >= 11 is 0. The van der Waals surface area contributed by atoms with Crippen molar-refractivity contribution in [2.45, 2.75) is 45.8 Å². The Labute approximate surface area is 147 Å². The average molecular weight is 346 g/mol. The van der Waals surface area contributed by atoms with Crippen LogP contribution in [-0.2, 0) is 14.0 Å². The Bertz CT molecular complexity index is 839. The molecule has 0 N–H and O–H groups in total. The van der Waals surface area contributed by atoms with E-state index in [4.69, 9.17) is 23.2 Å². The van der Waals surface area contributed by atoms with Crippen molar-refractivity contribution < 1.29 is 23.2 Å². The summed E-state index contributed by atoms with van der Waals surface area (Å²) in [5, 5.41) is 0.458. The molecule has 1 aromatic carbocycles. The van der Waals surface area contributed by atoms with Crippen molar-refractivity contribution in [2.75, 3.05) is 13.9 Å². The van der Waals surface area contributed by atoms with Crippen LogP contribution in [0, 0.1) is 6.92 Å². The average Bonchev–Trinajstić information content (AvgIpc) is 2.72. The molecule has 2 aromatic rings. The normalized spacial score (nSPS) is 18.7. The number of rotatable bonds is 4. The fourth-order valence-corrected chi connectivity index (χ4v) is 2.72. The highest BCUT2D eigenvalue weighted by molar-refractivity contribution is 6.63. The van der Waals surface area contributed by atoms with Gasteiger partial charge in [0.2, 0.25) is 0 Å². The van der Waals surface area contributed by atoms with E-state index in [1.165, 1.54) is 6.07 Å². The molecule has 1 saturated heterocycles. The van der Waals surface area contributed by atoms with Crippen LogP contribution in [0.1, 0.15) is 33.5 Å². The van der Waals surface area contributed by atoms with E-state index in [0.29, 0.717) is 27.9 Å². The van der Waals surface area contributed by atoms with Crippen molar-refractivity contribution >= 4 is 23.6 Å². The molecule has 7 heteroatoms. The Morgan fingerprint density at radius 3 is 2.32 bits per heavy atom. The second-order valence-electron chi connectivity index (χ2n) is 7.25. The van der Waals surface area contributed by atoms with Crippen LogP contribution in [0.4, 0.5) is 0 Å². The van der Waals surface area contributed by atoms with Gasteiger partial charge in [0.1, 0.15) is 17.1 Å². The van der Waals surface area contributed by atoms with Crippen LogP contribution >= 0.6 is 0 Å². The summed E-state index contributed by atoms with van der Waals surface area (Å²) in [6, 6.07) is 4.86. The maximum absolute atomic E-state index is 12.3. The van der Waals surface area contributed by atoms with Gasteiger partial charge in [-0.1, -0.05) is 0 Å².